The normalized spacial score (nSPS) is 27.0. The molecule has 0 bridgehead atoms. The fraction of sp³-hybridized carbons (Fsp3) is 0.562. The minimum Gasteiger partial charge on any atom is -0.480 e. The number of hydrogen-bond donors (Lipinski definition) is 1. The number of carboxylic acid groups (broad SMARTS) is 1. The summed E-state index contributed by atoms with van der Waals surface area (Å²) >= 11 is 1.76. The second kappa shape index (κ2) is 7.43. The summed E-state index contributed by atoms with van der Waals surface area (Å²) < 4.78 is 24.1. The molecule has 0 unspecified atom stereocenters. The van der Waals surface area contributed by atoms with Crippen LogP contribution in [-0.4, -0.2) is 84.8 Å². The summed E-state index contributed by atoms with van der Waals surface area (Å²) in [6, 6.07) is 9.86. The highest BCUT2D eigenvalue weighted by atomic mass is 32.2. The lowest BCUT2D eigenvalue weighted by molar-refractivity contribution is -0.139. The Morgan fingerprint density at radius 2 is 1.75 bits per heavy atom. The van der Waals surface area contributed by atoms with Gasteiger partial charge in [0.15, 0.2) is 9.84 Å². The summed E-state index contributed by atoms with van der Waals surface area (Å²) in [5, 5.41) is 9.04. The highest BCUT2D eigenvalue weighted by Gasteiger charge is 2.46. The van der Waals surface area contributed by atoms with Crippen molar-refractivity contribution in [3.63, 3.8) is 0 Å². The van der Waals surface area contributed by atoms with Crippen molar-refractivity contribution in [3.8, 4) is 0 Å². The van der Waals surface area contributed by atoms with Crippen LogP contribution in [0.5, 0.6) is 0 Å². The van der Waals surface area contributed by atoms with Crippen LogP contribution in [-0.2, 0) is 14.6 Å². The number of benzene rings is 1. The highest BCUT2D eigenvalue weighted by Crippen LogP contribution is 2.27. The molecule has 1 aromatic carbocycles. The Labute approximate surface area is 146 Å². The number of hydrogen-bond acceptors (Lipinski definition) is 6. The molecule has 2 saturated heterocycles. The molecule has 0 saturated carbocycles. The molecule has 6 nitrogen and oxygen atoms in total. The number of piperazine rings is 1. The Bertz CT molecular complexity index is 681. The molecule has 0 amide bonds. The average molecular weight is 370 g/mol. The van der Waals surface area contributed by atoms with E-state index < -0.39 is 15.8 Å². The van der Waals surface area contributed by atoms with Gasteiger partial charge in [-0.05, 0) is 12.1 Å². The molecular formula is C16H22N2O4S2. The highest BCUT2D eigenvalue weighted by molar-refractivity contribution is 7.99. The van der Waals surface area contributed by atoms with Crippen molar-refractivity contribution in [2.45, 2.75) is 17.0 Å². The van der Waals surface area contributed by atoms with Gasteiger partial charge in [-0.2, -0.15) is 0 Å². The number of sulfone groups is 1. The quantitative estimate of drug-likeness (QED) is 0.737. The summed E-state index contributed by atoms with van der Waals surface area (Å²) in [6.07, 6.45) is 0. The van der Waals surface area contributed by atoms with E-state index in [9.17, 15) is 13.2 Å². The van der Waals surface area contributed by atoms with Gasteiger partial charge in [0.1, 0.15) is 0 Å². The molecule has 1 N–H and O–H groups in total. The molecule has 2 aliphatic rings. The lowest BCUT2D eigenvalue weighted by Crippen LogP contribution is -2.60. The van der Waals surface area contributed by atoms with E-state index in [4.69, 9.17) is 5.11 Å². The molecule has 0 aromatic heterocycles. The van der Waals surface area contributed by atoms with Gasteiger partial charge in [0.2, 0.25) is 0 Å². The largest absolute Gasteiger partial charge is 0.480 e. The summed E-state index contributed by atoms with van der Waals surface area (Å²) in [7, 11) is -3.09. The molecular weight excluding hydrogens is 348 g/mol. The Morgan fingerprint density at radius 1 is 1.12 bits per heavy atom. The Hall–Kier alpha value is -1.09. The van der Waals surface area contributed by atoms with Gasteiger partial charge in [-0.15, -0.1) is 11.8 Å². The van der Waals surface area contributed by atoms with Crippen LogP contribution in [0.15, 0.2) is 35.2 Å². The van der Waals surface area contributed by atoms with Gasteiger partial charge in [0.05, 0.1) is 18.1 Å². The molecule has 2 fully saturated rings. The lowest BCUT2D eigenvalue weighted by Gasteiger charge is -2.43. The van der Waals surface area contributed by atoms with Crippen LogP contribution in [0.25, 0.3) is 0 Å². The Balaban J connectivity index is 1.61. The van der Waals surface area contributed by atoms with E-state index in [0.717, 1.165) is 18.8 Å². The number of nitrogens with zero attached hydrogens (tertiary/aromatic N) is 2. The zero-order valence-corrected chi connectivity index (χ0v) is 15.0. The second-order valence-corrected chi connectivity index (χ2v) is 9.60. The van der Waals surface area contributed by atoms with Gasteiger partial charge in [-0.1, -0.05) is 18.2 Å². The topological polar surface area (TPSA) is 77.9 Å². The predicted molar refractivity (Wildman–Crippen MR) is 94.2 cm³/mol. The van der Waals surface area contributed by atoms with Crippen LogP contribution >= 0.6 is 11.8 Å². The maximum absolute atomic E-state index is 12.1. The first-order valence-corrected chi connectivity index (χ1v) is 10.8. The third-order valence-corrected chi connectivity index (χ3v) is 7.33. The van der Waals surface area contributed by atoms with E-state index in [-0.39, 0.29) is 30.1 Å². The van der Waals surface area contributed by atoms with Crippen LogP contribution < -0.4 is 0 Å². The minimum atomic E-state index is -3.09. The third-order valence-electron chi connectivity index (χ3n) is 4.63. The van der Waals surface area contributed by atoms with E-state index in [1.54, 1.807) is 11.8 Å². The van der Waals surface area contributed by atoms with E-state index in [2.05, 4.69) is 17.0 Å². The first-order chi connectivity index (χ1) is 11.4. The lowest BCUT2D eigenvalue weighted by atomic mass is 10.0. The molecule has 2 aliphatic heterocycles. The van der Waals surface area contributed by atoms with Gasteiger partial charge >= 0.3 is 5.97 Å². The summed E-state index contributed by atoms with van der Waals surface area (Å²) in [6.45, 7) is 2.07. The molecule has 0 spiro atoms. The van der Waals surface area contributed by atoms with Crippen molar-refractivity contribution in [1.29, 1.82) is 0 Å². The van der Waals surface area contributed by atoms with Crippen molar-refractivity contribution in [3.05, 3.63) is 30.3 Å². The minimum absolute atomic E-state index is 0.0767. The van der Waals surface area contributed by atoms with Crippen molar-refractivity contribution in [1.82, 2.24) is 9.80 Å². The zero-order chi connectivity index (χ0) is 17.2. The Kier molecular flexibility index (Phi) is 5.49. The van der Waals surface area contributed by atoms with Crippen LogP contribution in [0.2, 0.25) is 0 Å². The van der Waals surface area contributed by atoms with E-state index in [1.165, 1.54) is 4.90 Å². The summed E-state index contributed by atoms with van der Waals surface area (Å²) in [4.78, 5) is 16.3. The number of carbonyl (C=O) groups is 1. The van der Waals surface area contributed by atoms with Crippen molar-refractivity contribution >= 4 is 27.6 Å². The van der Waals surface area contributed by atoms with Gasteiger partial charge in [-0.25, -0.2) is 8.42 Å². The Morgan fingerprint density at radius 3 is 2.42 bits per heavy atom. The van der Waals surface area contributed by atoms with Crippen molar-refractivity contribution in [2.24, 2.45) is 0 Å². The molecule has 0 aliphatic carbocycles. The van der Waals surface area contributed by atoms with Crippen LogP contribution in [0.1, 0.15) is 0 Å². The molecule has 1 aromatic rings. The maximum atomic E-state index is 12.1. The molecule has 2 heterocycles. The predicted octanol–water partition coefficient (Wildman–Crippen LogP) is 0.647. The second-order valence-electron chi connectivity index (χ2n) is 6.27. The fourth-order valence-electron chi connectivity index (χ4n) is 3.54. The smallest absolute Gasteiger partial charge is 0.317 e. The maximum Gasteiger partial charge on any atom is 0.317 e. The molecule has 132 valence electrons. The fourth-order valence-corrected chi connectivity index (χ4v) is 6.50. The molecule has 3 rings (SSSR count). The summed E-state index contributed by atoms with van der Waals surface area (Å²) in [5.41, 5.74) is 0. The first-order valence-electron chi connectivity index (χ1n) is 8.03. The number of carboxylic acids is 1. The van der Waals surface area contributed by atoms with E-state index in [1.807, 2.05) is 23.1 Å². The van der Waals surface area contributed by atoms with Crippen LogP contribution in [0.3, 0.4) is 0 Å². The number of rotatable bonds is 6. The monoisotopic (exact) mass is 370 g/mol. The molecule has 24 heavy (non-hydrogen) atoms. The van der Waals surface area contributed by atoms with Gasteiger partial charge < -0.3 is 5.11 Å². The number of fused-ring (bicyclic) bond motifs is 1. The molecule has 2 atom stereocenters. The number of thioether (sulfide) groups is 1. The standard InChI is InChI=1S/C16H22N2O4S2/c19-16(20)10-18-7-6-17(14-11-24(21,22)12-15(14)18)8-9-23-13-4-2-1-3-5-13/h1-5,14-15H,6-12H2,(H,19,20)/t14-,15+/m0/s1. The average Bonchev–Trinajstić information content (AvgIpc) is 2.86. The zero-order valence-electron chi connectivity index (χ0n) is 13.4. The first kappa shape index (κ1) is 17.7. The van der Waals surface area contributed by atoms with Crippen molar-refractivity contribution in [2.75, 3.05) is 43.4 Å². The van der Waals surface area contributed by atoms with Gasteiger partial charge in [0.25, 0.3) is 0 Å². The van der Waals surface area contributed by atoms with Gasteiger partial charge in [-0.3, -0.25) is 14.6 Å². The molecule has 0 radical (unpaired) electrons. The van der Waals surface area contributed by atoms with Crippen LogP contribution in [0, 0.1) is 0 Å². The molecule has 8 heteroatoms. The van der Waals surface area contributed by atoms with Crippen LogP contribution in [0.4, 0.5) is 0 Å². The summed E-state index contributed by atoms with van der Waals surface area (Å²) in [5.74, 6) is 0.217. The van der Waals surface area contributed by atoms with E-state index >= 15 is 0 Å². The number of aliphatic carboxylic acids is 1. The SMILES string of the molecule is O=C(O)CN1CCN(CCSc2ccccc2)[C@H]2CS(=O)(=O)C[C@H]21. The van der Waals surface area contributed by atoms with Gasteiger partial charge in [0, 0.05) is 42.4 Å². The van der Waals surface area contributed by atoms with Crippen molar-refractivity contribution < 1.29 is 18.3 Å². The third kappa shape index (κ3) is 4.30. The van der Waals surface area contributed by atoms with E-state index in [0.29, 0.717) is 6.54 Å².